The van der Waals surface area contributed by atoms with Crippen molar-refractivity contribution >= 4 is 22.0 Å². The van der Waals surface area contributed by atoms with Gasteiger partial charge in [0.15, 0.2) is 6.10 Å². The summed E-state index contributed by atoms with van der Waals surface area (Å²) >= 11 is 0. The molecule has 0 spiro atoms. The maximum atomic E-state index is 12.1. The molecule has 6 unspecified atom stereocenters. The highest BCUT2D eigenvalue weighted by molar-refractivity contribution is 7.90. The van der Waals surface area contributed by atoms with E-state index in [0.29, 0.717) is 6.42 Å². The van der Waals surface area contributed by atoms with Crippen LogP contribution in [0.5, 0.6) is 0 Å². The van der Waals surface area contributed by atoms with E-state index < -0.39 is 34.2 Å². The van der Waals surface area contributed by atoms with Gasteiger partial charge >= 0.3 is 11.9 Å². The molecule has 2 aliphatic carbocycles. The van der Waals surface area contributed by atoms with Crippen molar-refractivity contribution in [1.29, 1.82) is 0 Å². The van der Waals surface area contributed by atoms with E-state index in [1.54, 1.807) is 0 Å². The summed E-state index contributed by atoms with van der Waals surface area (Å²) in [5, 5.41) is -0.351. The van der Waals surface area contributed by atoms with Crippen LogP contribution in [0.25, 0.3) is 0 Å². The zero-order valence-corrected chi connectivity index (χ0v) is 13.3. The van der Waals surface area contributed by atoms with Crippen LogP contribution in [0.15, 0.2) is 12.2 Å². The zero-order chi connectivity index (χ0) is 16.2. The lowest BCUT2D eigenvalue weighted by Crippen LogP contribution is -2.43. The molecule has 6 atom stereocenters. The van der Waals surface area contributed by atoms with Gasteiger partial charge in [0, 0.05) is 5.57 Å². The lowest BCUT2D eigenvalue weighted by molar-refractivity contribution is -0.170. The zero-order valence-electron chi connectivity index (χ0n) is 12.4. The van der Waals surface area contributed by atoms with E-state index in [4.69, 9.17) is 9.47 Å². The van der Waals surface area contributed by atoms with Gasteiger partial charge in [-0.25, -0.2) is 22.7 Å². The van der Waals surface area contributed by atoms with E-state index in [-0.39, 0.29) is 28.7 Å². The molecule has 122 valence electrons. The van der Waals surface area contributed by atoms with Gasteiger partial charge in [-0.3, -0.25) is 0 Å². The average Bonchev–Trinajstić information content (AvgIpc) is 3.02. The maximum Gasteiger partial charge on any atom is 0.347 e. The van der Waals surface area contributed by atoms with Gasteiger partial charge in [-0.1, -0.05) is 6.58 Å². The van der Waals surface area contributed by atoms with E-state index in [0.717, 1.165) is 6.42 Å². The summed E-state index contributed by atoms with van der Waals surface area (Å²) in [6, 6.07) is -0.346. The van der Waals surface area contributed by atoms with Crippen molar-refractivity contribution in [3.63, 3.8) is 0 Å². The lowest BCUT2D eigenvalue weighted by atomic mass is 9.93. The van der Waals surface area contributed by atoms with Crippen LogP contribution in [-0.2, 0) is 29.1 Å². The monoisotopic (exact) mass is 329 g/mol. The van der Waals surface area contributed by atoms with Crippen molar-refractivity contribution in [3.05, 3.63) is 12.2 Å². The van der Waals surface area contributed by atoms with Crippen LogP contribution in [0.3, 0.4) is 0 Å². The first-order valence-electron chi connectivity index (χ1n) is 7.29. The fourth-order valence-corrected chi connectivity index (χ4v) is 5.86. The first kappa shape index (κ1) is 15.5. The van der Waals surface area contributed by atoms with Gasteiger partial charge < -0.3 is 9.47 Å². The molecule has 3 rings (SSSR count). The molecule has 0 aromatic rings. The number of nitrogens with one attached hydrogen (secondary N) is 1. The maximum absolute atomic E-state index is 12.1. The molecule has 7 nitrogen and oxygen atoms in total. The third-order valence-corrected chi connectivity index (χ3v) is 6.72. The normalized spacial score (nSPS) is 38.5. The Balaban J connectivity index is 1.64. The number of hydrogen-bond acceptors (Lipinski definition) is 6. The molecule has 22 heavy (non-hydrogen) atoms. The Morgan fingerprint density at radius 2 is 2.00 bits per heavy atom. The summed E-state index contributed by atoms with van der Waals surface area (Å²) in [6.45, 7) is 6.36. The second-order valence-corrected chi connectivity index (χ2v) is 8.28. The molecule has 0 amide bonds. The van der Waals surface area contributed by atoms with Crippen LogP contribution in [0.2, 0.25) is 0 Å². The molecule has 3 aliphatic rings. The minimum Gasteiger partial charge on any atom is -0.458 e. The Kier molecular flexibility index (Phi) is 3.56. The topological polar surface area (TPSA) is 98.8 Å². The second-order valence-electron chi connectivity index (χ2n) is 6.35. The van der Waals surface area contributed by atoms with Crippen molar-refractivity contribution in [1.82, 2.24) is 4.72 Å². The molecule has 1 aliphatic heterocycles. The Labute approximate surface area is 129 Å². The Morgan fingerprint density at radius 1 is 1.32 bits per heavy atom. The molecular formula is C14H19NO6S. The molecular weight excluding hydrogens is 310 g/mol. The van der Waals surface area contributed by atoms with Crippen LogP contribution in [-0.4, -0.2) is 43.9 Å². The minimum absolute atomic E-state index is 0.0149. The molecule has 2 saturated carbocycles. The van der Waals surface area contributed by atoms with Gasteiger partial charge in [0.1, 0.15) is 6.10 Å². The van der Waals surface area contributed by atoms with Crippen molar-refractivity contribution in [2.45, 2.75) is 50.2 Å². The number of esters is 2. The summed E-state index contributed by atoms with van der Waals surface area (Å²) in [4.78, 5) is 23.5. The van der Waals surface area contributed by atoms with Crippen molar-refractivity contribution in [3.8, 4) is 0 Å². The van der Waals surface area contributed by atoms with Crippen molar-refractivity contribution < 1.29 is 27.5 Å². The van der Waals surface area contributed by atoms with E-state index in [9.17, 15) is 18.0 Å². The molecule has 3 fully saturated rings. The van der Waals surface area contributed by atoms with Gasteiger partial charge in [0.2, 0.25) is 10.0 Å². The molecule has 8 heteroatoms. The Bertz CT molecular complexity index is 642. The van der Waals surface area contributed by atoms with Gasteiger partial charge in [-0.2, -0.15) is 0 Å². The van der Waals surface area contributed by atoms with Gasteiger partial charge in [0.25, 0.3) is 0 Å². The fourth-order valence-electron chi connectivity index (χ4n) is 3.75. The number of ether oxygens (including phenoxy) is 2. The van der Waals surface area contributed by atoms with E-state index in [2.05, 4.69) is 11.3 Å². The SMILES string of the molecule is C=C(C)C(=O)OC(C)C(=O)OC1C2CC3C1NS(=O)(=O)C3C2. The summed E-state index contributed by atoms with van der Waals surface area (Å²) in [6.07, 6.45) is -0.248. The van der Waals surface area contributed by atoms with Crippen LogP contribution >= 0.6 is 0 Å². The second kappa shape index (κ2) is 5.06. The largest absolute Gasteiger partial charge is 0.458 e. The highest BCUT2D eigenvalue weighted by Gasteiger charge is 2.63. The minimum atomic E-state index is -3.29. The number of hydrogen-bond donors (Lipinski definition) is 1. The van der Waals surface area contributed by atoms with Crippen molar-refractivity contribution in [2.24, 2.45) is 11.8 Å². The summed E-state index contributed by atoms with van der Waals surface area (Å²) < 4.78 is 36.9. The molecule has 0 radical (unpaired) electrons. The number of fused-ring (bicyclic) bond motifs is 1. The van der Waals surface area contributed by atoms with E-state index in [1.165, 1.54) is 13.8 Å². The predicted molar refractivity (Wildman–Crippen MR) is 76.1 cm³/mol. The van der Waals surface area contributed by atoms with Gasteiger partial charge in [0.05, 0.1) is 11.3 Å². The van der Waals surface area contributed by atoms with E-state index >= 15 is 0 Å². The standard InChI is InChI=1S/C14H19NO6S/c1-6(2)13(16)20-7(3)14(17)21-12-8-4-9-10(5-8)22(18,19)15-11(9)12/h7-12,15H,1,4-5H2,2-3H3. The third-order valence-electron chi connectivity index (χ3n) is 4.78. The molecule has 0 aromatic carbocycles. The molecule has 1 saturated heterocycles. The quantitative estimate of drug-likeness (QED) is 0.581. The number of carbonyl (C=O) groups excluding carboxylic acids is 2. The molecule has 1 heterocycles. The third kappa shape index (κ3) is 2.34. The van der Waals surface area contributed by atoms with Gasteiger partial charge in [-0.15, -0.1) is 0 Å². The number of carbonyl (C=O) groups is 2. The van der Waals surface area contributed by atoms with Crippen LogP contribution in [0.1, 0.15) is 26.7 Å². The highest BCUT2D eigenvalue weighted by Crippen LogP contribution is 2.52. The molecule has 0 aromatic heterocycles. The highest BCUT2D eigenvalue weighted by atomic mass is 32.2. The molecule has 2 bridgehead atoms. The Hall–Kier alpha value is -1.41. The average molecular weight is 329 g/mol. The fraction of sp³-hybridized carbons (Fsp3) is 0.714. The number of sulfonamides is 1. The number of rotatable bonds is 4. The first-order chi connectivity index (χ1) is 10.2. The van der Waals surface area contributed by atoms with Crippen LogP contribution in [0.4, 0.5) is 0 Å². The summed E-state index contributed by atoms with van der Waals surface area (Å²) in [5.74, 6) is -1.24. The summed E-state index contributed by atoms with van der Waals surface area (Å²) in [7, 11) is -3.29. The van der Waals surface area contributed by atoms with Crippen LogP contribution < -0.4 is 4.72 Å². The Morgan fingerprint density at radius 3 is 2.64 bits per heavy atom. The van der Waals surface area contributed by atoms with Crippen LogP contribution in [0, 0.1) is 11.8 Å². The molecule has 1 N–H and O–H groups in total. The summed E-state index contributed by atoms with van der Waals surface area (Å²) in [5.41, 5.74) is 0.200. The van der Waals surface area contributed by atoms with Gasteiger partial charge in [-0.05, 0) is 38.5 Å². The lowest BCUT2D eigenvalue weighted by Gasteiger charge is -2.27. The van der Waals surface area contributed by atoms with Crippen molar-refractivity contribution in [2.75, 3.05) is 0 Å². The first-order valence-corrected chi connectivity index (χ1v) is 8.83. The van der Waals surface area contributed by atoms with E-state index in [1.807, 2.05) is 0 Å². The smallest absolute Gasteiger partial charge is 0.347 e. The predicted octanol–water partition coefficient (Wildman–Crippen LogP) is 0.116.